The Morgan fingerprint density at radius 3 is 2.00 bits per heavy atom. The lowest BCUT2D eigenvalue weighted by Gasteiger charge is -2.32. The van der Waals surface area contributed by atoms with Crippen molar-refractivity contribution in [3.05, 3.63) is 0 Å². The summed E-state index contributed by atoms with van der Waals surface area (Å²) in [4.78, 5) is 49.1. The summed E-state index contributed by atoms with van der Waals surface area (Å²) in [6, 6.07) is -1.73. The van der Waals surface area contributed by atoms with E-state index in [-0.39, 0.29) is 24.8 Å². The van der Waals surface area contributed by atoms with Crippen LogP contribution in [-0.4, -0.2) is 54.0 Å². The van der Waals surface area contributed by atoms with Gasteiger partial charge in [-0.1, -0.05) is 34.6 Å². The van der Waals surface area contributed by atoms with E-state index in [0.29, 0.717) is 13.0 Å². The van der Waals surface area contributed by atoms with E-state index < -0.39 is 41.1 Å². The quantitative estimate of drug-likeness (QED) is 0.200. The molecule has 0 saturated heterocycles. The second-order valence-corrected chi connectivity index (χ2v) is 8.68. The first-order valence-electron chi connectivity index (χ1n) is 9.84. The molecule has 0 heterocycles. The van der Waals surface area contributed by atoms with Crippen molar-refractivity contribution in [1.29, 1.82) is 0 Å². The van der Waals surface area contributed by atoms with E-state index in [9.17, 15) is 19.2 Å². The molecule has 0 aliphatic carbocycles. The first-order chi connectivity index (χ1) is 13.3. The summed E-state index contributed by atoms with van der Waals surface area (Å²) in [6.07, 6.45) is 0.215. The van der Waals surface area contributed by atoms with Crippen LogP contribution in [0.2, 0.25) is 0 Å². The maximum Gasteiger partial charge on any atom is 0.244 e. The number of carbonyl (C=O) groups is 4. The van der Waals surface area contributed by atoms with Gasteiger partial charge in [0, 0.05) is 25.4 Å². The Bertz CT molecular complexity index is 574. The van der Waals surface area contributed by atoms with Gasteiger partial charge in [-0.25, -0.2) is 5.48 Å². The van der Waals surface area contributed by atoms with E-state index in [1.54, 1.807) is 27.7 Å². The molecule has 0 bridgehead atoms. The van der Waals surface area contributed by atoms with Crippen molar-refractivity contribution in [2.45, 2.75) is 66.5 Å². The van der Waals surface area contributed by atoms with Gasteiger partial charge in [0.2, 0.25) is 23.6 Å². The third-order valence-corrected chi connectivity index (χ3v) is 4.29. The number of hydrogen-bond donors (Lipinski definition) is 6. The Morgan fingerprint density at radius 2 is 1.55 bits per heavy atom. The Balaban J connectivity index is 5.30. The first-order valence-corrected chi connectivity index (χ1v) is 9.84. The fourth-order valence-electron chi connectivity index (χ4n) is 2.77. The fraction of sp³-hybridized carbons (Fsp3) is 0.789. The van der Waals surface area contributed by atoms with Crippen LogP contribution in [0.15, 0.2) is 0 Å². The van der Waals surface area contributed by atoms with Gasteiger partial charge in [0.05, 0.1) is 0 Å². The molecular formula is C19H37N5O5. The van der Waals surface area contributed by atoms with Gasteiger partial charge >= 0.3 is 0 Å². The van der Waals surface area contributed by atoms with E-state index in [2.05, 4.69) is 16.0 Å². The molecule has 3 unspecified atom stereocenters. The molecule has 0 spiro atoms. The molecule has 10 nitrogen and oxygen atoms in total. The highest BCUT2D eigenvalue weighted by Crippen LogP contribution is 2.22. The average Bonchev–Trinajstić information content (AvgIpc) is 2.61. The monoisotopic (exact) mass is 415 g/mol. The van der Waals surface area contributed by atoms with Gasteiger partial charge in [-0.15, -0.1) is 0 Å². The summed E-state index contributed by atoms with van der Waals surface area (Å²) >= 11 is 0. The summed E-state index contributed by atoms with van der Waals surface area (Å²) in [5.74, 6) is -2.59. The smallest absolute Gasteiger partial charge is 0.244 e. The van der Waals surface area contributed by atoms with Crippen LogP contribution in [-0.2, 0) is 19.2 Å². The molecule has 168 valence electrons. The number of carbonyl (C=O) groups excluding carboxylic acids is 4. The lowest BCUT2D eigenvalue weighted by molar-refractivity contribution is -0.138. The minimum atomic E-state index is -0.924. The van der Waals surface area contributed by atoms with Crippen molar-refractivity contribution in [1.82, 2.24) is 21.4 Å². The molecule has 0 radical (unpaired) electrons. The third-order valence-electron chi connectivity index (χ3n) is 4.29. The number of nitrogens with one attached hydrogen (secondary N) is 4. The normalized spacial score (nSPS) is 14.5. The Labute approximate surface area is 172 Å². The van der Waals surface area contributed by atoms with Crippen molar-refractivity contribution in [2.75, 3.05) is 13.1 Å². The van der Waals surface area contributed by atoms with E-state index in [1.807, 2.05) is 13.8 Å². The van der Waals surface area contributed by atoms with Gasteiger partial charge in [0.15, 0.2) is 0 Å². The Morgan fingerprint density at radius 1 is 0.966 bits per heavy atom. The highest BCUT2D eigenvalue weighted by atomic mass is 16.5. The molecule has 0 aliphatic heterocycles. The van der Waals surface area contributed by atoms with Gasteiger partial charge in [-0.05, 0) is 24.7 Å². The van der Waals surface area contributed by atoms with Crippen molar-refractivity contribution in [3.63, 3.8) is 0 Å². The summed E-state index contributed by atoms with van der Waals surface area (Å²) < 4.78 is 0. The zero-order chi connectivity index (χ0) is 22.8. The molecule has 0 rings (SSSR count). The molecule has 0 saturated carbocycles. The zero-order valence-electron chi connectivity index (χ0n) is 18.3. The van der Waals surface area contributed by atoms with Gasteiger partial charge in [0.25, 0.3) is 0 Å². The lowest BCUT2D eigenvalue weighted by Crippen LogP contribution is -2.58. The molecule has 0 aromatic carbocycles. The van der Waals surface area contributed by atoms with E-state index in [1.165, 1.54) is 5.48 Å². The van der Waals surface area contributed by atoms with Gasteiger partial charge in [-0.3, -0.25) is 24.4 Å². The summed E-state index contributed by atoms with van der Waals surface area (Å²) in [6.45, 7) is 11.3. The van der Waals surface area contributed by atoms with Crippen LogP contribution in [0, 0.1) is 17.3 Å². The van der Waals surface area contributed by atoms with Gasteiger partial charge in [0.1, 0.15) is 12.1 Å². The number of rotatable bonds is 11. The van der Waals surface area contributed by atoms with Crippen molar-refractivity contribution in [2.24, 2.45) is 23.0 Å². The lowest BCUT2D eigenvalue weighted by atomic mass is 9.84. The van der Waals surface area contributed by atoms with Crippen LogP contribution in [0.3, 0.4) is 0 Å². The molecular weight excluding hydrogens is 378 g/mol. The van der Waals surface area contributed by atoms with Crippen LogP contribution in [0.5, 0.6) is 0 Å². The SMILES string of the molecule is CC(C)CC(CC(=O)NO)C(=O)NC(C(=O)NC(C)C(=O)NCCN)C(C)(C)C. The highest BCUT2D eigenvalue weighted by Gasteiger charge is 2.36. The predicted octanol–water partition coefficient (Wildman–Crippen LogP) is -0.345. The minimum absolute atomic E-state index is 0.130. The second-order valence-electron chi connectivity index (χ2n) is 8.68. The van der Waals surface area contributed by atoms with Crippen LogP contribution in [0.4, 0.5) is 0 Å². The molecule has 10 heteroatoms. The van der Waals surface area contributed by atoms with E-state index >= 15 is 0 Å². The van der Waals surface area contributed by atoms with Crippen LogP contribution < -0.4 is 27.2 Å². The summed E-state index contributed by atoms with van der Waals surface area (Å²) in [5.41, 5.74) is 6.24. The second kappa shape index (κ2) is 12.4. The largest absolute Gasteiger partial charge is 0.353 e. The molecule has 4 amide bonds. The predicted molar refractivity (Wildman–Crippen MR) is 109 cm³/mol. The topological polar surface area (TPSA) is 163 Å². The van der Waals surface area contributed by atoms with Crippen molar-refractivity contribution < 1.29 is 24.4 Å². The molecule has 0 aromatic rings. The first kappa shape index (κ1) is 26.8. The summed E-state index contributed by atoms with van der Waals surface area (Å²) in [7, 11) is 0. The molecule has 0 aliphatic rings. The standard InChI is InChI=1S/C19H37N5O5/c1-11(2)9-13(10-14(25)24-29)17(27)23-15(19(4,5)6)18(28)22-12(3)16(26)21-8-7-20/h11-13,15,29H,7-10,20H2,1-6H3,(H,21,26)(H,22,28)(H,23,27)(H,24,25). The van der Waals surface area contributed by atoms with Gasteiger partial charge in [-0.2, -0.15) is 0 Å². The molecule has 7 N–H and O–H groups in total. The molecule has 0 fully saturated rings. The van der Waals surface area contributed by atoms with Gasteiger partial charge < -0.3 is 21.7 Å². The maximum atomic E-state index is 12.8. The highest BCUT2D eigenvalue weighted by molar-refractivity contribution is 5.93. The molecule has 0 aromatic heterocycles. The van der Waals surface area contributed by atoms with Crippen molar-refractivity contribution in [3.8, 4) is 0 Å². The third kappa shape index (κ3) is 10.2. The fourth-order valence-corrected chi connectivity index (χ4v) is 2.77. The summed E-state index contributed by atoms with van der Waals surface area (Å²) in [5, 5.41) is 16.7. The number of hydroxylamine groups is 1. The van der Waals surface area contributed by atoms with E-state index in [0.717, 1.165) is 0 Å². The number of nitrogens with two attached hydrogens (primary N) is 1. The van der Waals surface area contributed by atoms with Crippen LogP contribution >= 0.6 is 0 Å². The Kier molecular flexibility index (Phi) is 11.4. The zero-order valence-corrected chi connectivity index (χ0v) is 18.3. The number of amides is 4. The minimum Gasteiger partial charge on any atom is -0.353 e. The van der Waals surface area contributed by atoms with Crippen molar-refractivity contribution >= 4 is 23.6 Å². The molecule has 29 heavy (non-hydrogen) atoms. The van der Waals surface area contributed by atoms with E-state index in [4.69, 9.17) is 10.9 Å². The van der Waals surface area contributed by atoms with Crippen LogP contribution in [0.25, 0.3) is 0 Å². The maximum absolute atomic E-state index is 12.8. The van der Waals surface area contributed by atoms with Crippen LogP contribution in [0.1, 0.15) is 54.4 Å². The number of hydrogen-bond acceptors (Lipinski definition) is 6. The Hall–Kier alpha value is -2.20. The average molecular weight is 416 g/mol. The molecule has 3 atom stereocenters.